The zero-order chi connectivity index (χ0) is 13.1. The van der Waals surface area contributed by atoms with E-state index >= 15 is 0 Å². The van der Waals surface area contributed by atoms with Crippen molar-refractivity contribution in [3.63, 3.8) is 0 Å². The van der Waals surface area contributed by atoms with Crippen molar-refractivity contribution in [3.8, 4) is 11.3 Å². The van der Waals surface area contributed by atoms with E-state index in [4.69, 9.17) is 11.6 Å². The van der Waals surface area contributed by atoms with Gasteiger partial charge in [-0.3, -0.25) is 4.68 Å². The third kappa shape index (κ3) is 3.09. The minimum absolute atomic E-state index is 0.575. The van der Waals surface area contributed by atoms with Gasteiger partial charge in [-0.2, -0.15) is 5.10 Å². The molecule has 1 aromatic carbocycles. The van der Waals surface area contributed by atoms with Gasteiger partial charge >= 0.3 is 0 Å². The van der Waals surface area contributed by atoms with Crippen LogP contribution in [0.4, 0.5) is 0 Å². The van der Waals surface area contributed by atoms with Crippen LogP contribution in [0.15, 0.2) is 35.4 Å². The van der Waals surface area contributed by atoms with Gasteiger partial charge in [0.15, 0.2) is 0 Å². The Kier molecular flexibility index (Phi) is 4.36. The number of nitrogens with zero attached hydrogens (tertiary/aromatic N) is 2. The normalized spacial score (nSPS) is 11.2. The van der Waals surface area contributed by atoms with Crippen molar-refractivity contribution in [1.82, 2.24) is 9.78 Å². The standard InChI is InChI=1S/C14H17ClN2S/c1-10(2)9-17-13(8-14(16-17)18-3)11-4-6-12(15)7-5-11/h4-8,10H,9H2,1-3H3. The predicted molar refractivity (Wildman–Crippen MR) is 79.3 cm³/mol. The minimum Gasteiger partial charge on any atom is -0.263 e. The summed E-state index contributed by atoms with van der Waals surface area (Å²) in [6, 6.07) is 10.1. The van der Waals surface area contributed by atoms with Crippen molar-refractivity contribution >= 4 is 23.4 Å². The number of hydrogen-bond donors (Lipinski definition) is 0. The summed E-state index contributed by atoms with van der Waals surface area (Å²) in [6.07, 6.45) is 2.05. The van der Waals surface area contributed by atoms with Gasteiger partial charge in [-0.05, 0) is 35.9 Å². The lowest BCUT2D eigenvalue weighted by Gasteiger charge is -2.09. The van der Waals surface area contributed by atoms with Crippen LogP contribution in [0.2, 0.25) is 5.02 Å². The number of hydrogen-bond acceptors (Lipinski definition) is 2. The summed E-state index contributed by atoms with van der Waals surface area (Å²) in [7, 11) is 0. The predicted octanol–water partition coefficient (Wildman–Crippen LogP) is 4.58. The van der Waals surface area contributed by atoms with Gasteiger partial charge in [0.2, 0.25) is 0 Å². The topological polar surface area (TPSA) is 17.8 Å². The monoisotopic (exact) mass is 280 g/mol. The van der Waals surface area contributed by atoms with E-state index in [0.29, 0.717) is 5.92 Å². The van der Waals surface area contributed by atoms with E-state index in [9.17, 15) is 0 Å². The van der Waals surface area contributed by atoms with Crippen molar-refractivity contribution in [1.29, 1.82) is 0 Å². The highest BCUT2D eigenvalue weighted by molar-refractivity contribution is 7.98. The van der Waals surface area contributed by atoms with Crippen molar-refractivity contribution in [2.24, 2.45) is 5.92 Å². The molecule has 0 N–H and O–H groups in total. The Morgan fingerprint density at radius 3 is 2.50 bits per heavy atom. The van der Waals surface area contributed by atoms with Gasteiger partial charge in [-0.15, -0.1) is 11.8 Å². The van der Waals surface area contributed by atoms with Gasteiger partial charge in [0.1, 0.15) is 5.03 Å². The highest BCUT2D eigenvalue weighted by Gasteiger charge is 2.10. The summed E-state index contributed by atoms with van der Waals surface area (Å²) in [5.74, 6) is 0.575. The van der Waals surface area contributed by atoms with Gasteiger partial charge in [-0.25, -0.2) is 0 Å². The first-order valence-electron chi connectivity index (χ1n) is 5.98. The molecule has 1 aromatic heterocycles. The first-order chi connectivity index (χ1) is 8.60. The zero-order valence-electron chi connectivity index (χ0n) is 10.9. The lowest BCUT2D eigenvalue weighted by atomic mass is 10.1. The van der Waals surface area contributed by atoms with Gasteiger partial charge in [0, 0.05) is 11.6 Å². The minimum atomic E-state index is 0.575. The van der Waals surface area contributed by atoms with Gasteiger partial charge in [0.05, 0.1) is 5.69 Å². The van der Waals surface area contributed by atoms with E-state index in [0.717, 1.165) is 27.9 Å². The maximum absolute atomic E-state index is 5.93. The van der Waals surface area contributed by atoms with Gasteiger partial charge in [0.25, 0.3) is 0 Å². The summed E-state index contributed by atoms with van der Waals surface area (Å²) in [5.41, 5.74) is 2.32. The Labute approximate surface area is 117 Å². The smallest absolute Gasteiger partial charge is 0.118 e. The maximum Gasteiger partial charge on any atom is 0.118 e. The fourth-order valence-corrected chi connectivity index (χ4v) is 2.37. The lowest BCUT2D eigenvalue weighted by Crippen LogP contribution is -2.07. The molecule has 2 aromatic rings. The summed E-state index contributed by atoms with van der Waals surface area (Å²) in [6.45, 7) is 5.33. The number of halogens is 1. The molecule has 0 radical (unpaired) electrons. The second-order valence-electron chi connectivity index (χ2n) is 4.65. The van der Waals surface area contributed by atoms with E-state index in [1.165, 1.54) is 0 Å². The van der Waals surface area contributed by atoms with Crippen LogP contribution in [-0.2, 0) is 6.54 Å². The Morgan fingerprint density at radius 1 is 1.28 bits per heavy atom. The second-order valence-corrected chi connectivity index (χ2v) is 5.92. The molecule has 1 heterocycles. The molecular formula is C14H17ClN2S. The van der Waals surface area contributed by atoms with Crippen molar-refractivity contribution in [2.75, 3.05) is 6.26 Å². The molecule has 4 heteroatoms. The Balaban J connectivity index is 2.41. The van der Waals surface area contributed by atoms with Gasteiger partial charge in [-0.1, -0.05) is 37.6 Å². The summed E-state index contributed by atoms with van der Waals surface area (Å²) in [4.78, 5) is 0. The number of rotatable bonds is 4. The molecule has 2 nitrogen and oxygen atoms in total. The van der Waals surface area contributed by atoms with Crippen molar-refractivity contribution in [2.45, 2.75) is 25.4 Å². The molecule has 0 spiro atoms. The van der Waals surface area contributed by atoms with E-state index in [-0.39, 0.29) is 0 Å². The van der Waals surface area contributed by atoms with Crippen LogP contribution >= 0.6 is 23.4 Å². The van der Waals surface area contributed by atoms with E-state index in [1.807, 2.05) is 30.5 Å². The molecule has 0 bridgehead atoms. The van der Waals surface area contributed by atoms with Crippen LogP contribution < -0.4 is 0 Å². The summed E-state index contributed by atoms with van der Waals surface area (Å²) < 4.78 is 2.08. The third-order valence-electron chi connectivity index (χ3n) is 2.64. The average Bonchev–Trinajstić information content (AvgIpc) is 2.72. The molecule has 18 heavy (non-hydrogen) atoms. The van der Waals surface area contributed by atoms with Crippen LogP contribution in [0.5, 0.6) is 0 Å². The Morgan fingerprint density at radius 2 is 1.94 bits per heavy atom. The fourth-order valence-electron chi connectivity index (χ4n) is 1.83. The molecule has 0 saturated heterocycles. The molecule has 0 atom stereocenters. The Hall–Kier alpha value is -0.930. The highest BCUT2D eigenvalue weighted by Crippen LogP contribution is 2.26. The SMILES string of the molecule is CSc1cc(-c2ccc(Cl)cc2)n(CC(C)C)n1. The average molecular weight is 281 g/mol. The molecule has 96 valence electrons. The molecule has 0 aliphatic heterocycles. The molecule has 0 aliphatic carbocycles. The Bertz CT molecular complexity index is 517. The number of aromatic nitrogens is 2. The van der Waals surface area contributed by atoms with Crippen LogP contribution in [0.3, 0.4) is 0 Å². The fraction of sp³-hybridized carbons (Fsp3) is 0.357. The number of benzene rings is 1. The number of thioether (sulfide) groups is 1. The van der Waals surface area contributed by atoms with Crippen molar-refractivity contribution < 1.29 is 0 Å². The lowest BCUT2D eigenvalue weighted by molar-refractivity contribution is 0.481. The van der Waals surface area contributed by atoms with Crippen LogP contribution in [0.1, 0.15) is 13.8 Å². The summed E-state index contributed by atoms with van der Waals surface area (Å²) >= 11 is 7.60. The molecule has 0 unspecified atom stereocenters. The molecule has 0 amide bonds. The summed E-state index contributed by atoms with van der Waals surface area (Å²) in [5, 5.41) is 6.43. The third-order valence-corrected chi connectivity index (χ3v) is 3.51. The van der Waals surface area contributed by atoms with E-state index in [1.54, 1.807) is 11.8 Å². The molecule has 0 aliphatic rings. The first kappa shape index (κ1) is 13.5. The quantitative estimate of drug-likeness (QED) is 0.763. The van der Waals surface area contributed by atoms with Crippen molar-refractivity contribution in [3.05, 3.63) is 35.4 Å². The second kappa shape index (κ2) is 5.81. The van der Waals surface area contributed by atoms with Gasteiger partial charge < -0.3 is 0 Å². The molecule has 0 saturated carbocycles. The van der Waals surface area contributed by atoms with Crippen LogP contribution in [0.25, 0.3) is 11.3 Å². The van der Waals surface area contributed by atoms with E-state index < -0.39 is 0 Å². The largest absolute Gasteiger partial charge is 0.263 e. The van der Waals surface area contributed by atoms with Crippen LogP contribution in [-0.4, -0.2) is 16.0 Å². The zero-order valence-corrected chi connectivity index (χ0v) is 12.4. The molecular weight excluding hydrogens is 264 g/mol. The first-order valence-corrected chi connectivity index (χ1v) is 7.58. The molecule has 0 fully saturated rings. The maximum atomic E-state index is 5.93. The van der Waals surface area contributed by atoms with E-state index in [2.05, 4.69) is 29.7 Å². The molecule has 2 rings (SSSR count). The van der Waals surface area contributed by atoms with Crippen LogP contribution in [0, 0.1) is 5.92 Å². The highest BCUT2D eigenvalue weighted by atomic mass is 35.5.